The maximum absolute atomic E-state index is 4.69. The molecule has 4 rings (SSSR count). The first-order valence-corrected chi connectivity index (χ1v) is 16.4. The van der Waals surface area contributed by atoms with Crippen molar-refractivity contribution in [3.8, 4) is 0 Å². The van der Waals surface area contributed by atoms with Crippen LogP contribution in [0.25, 0.3) is 0 Å². The van der Waals surface area contributed by atoms with Crippen molar-refractivity contribution in [3.63, 3.8) is 0 Å². The van der Waals surface area contributed by atoms with Crippen LogP contribution in [0.4, 0.5) is 0 Å². The third-order valence-electron chi connectivity index (χ3n) is 7.50. The zero-order chi connectivity index (χ0) is 21.6. The van der Waals surface area contributed by atoms with Crippen LogP contribution >= 0.6 is 20.8 Å². The van der Waals surface area contributed by atoms with Crippen LogP contribution < -0.4 is 15.9 Å². The minimum absolute atomic E-state index is 0.626. The average molecular weight is 495 g/mol. The molecule has 0 spiro atoms. The predicted octanol–water partition coefficient (Wildman–Crippen LogP) is 7.97. The summed E-state index contributed by atoms with van der Waals surface area (Å²) in [6.07, 6.45) is 10.9. The monoisotopic (exact) mass is 494 g/mol. The van der Waals surface area contributed by atoms with Gasteiger partial charge in [-0.2, -0.15) is 0 Å². The van der Waals surface area contributed by atoms with E-state index in [0.717, 1.165) is 5.92 Å². The van der Waals surface area contributed by atoms with Crippen molar-refractivity contribution >= 4 is 36.7 Å². The molecule has 0 radical (unpaired) electrons. The Hall–Kier alpha value is -1.43. The Labute approximate surface area is 197 Å². The van der Waals surface area contributed by atoms with E-state index in [1.165, 1.54) is 67.3 Å². The summed E-state index contributed by atoms with van der Waals surface area (Å²) in [6.45, 7) is 2.31. The number of hydrogen-bond donors (Lipinski definition) is 0. The zero-order valence-electron chi connectivity index (χ0n) is 18.8. The molecule has 1 aliphatic carbocycles. The number of hydrogen-bond acceptors (Lipinski definition) is 0. The van der Waals surface area contributed by atoms with Gasteiger partial charge < -0.3 is 0 Å². The Morgan fingerprint density at radius 3 is 1.45 bits per heavy atom. The molecule has 2 heteroatoms. The summed E-state index contributed by atoms with van der Waals surface area (Å²) in [5.74, 6) is 0.909. The van der Waals surface area contributed by atoms with Crippen LogP contribution in [0.3, 0.4) is 0 Å². The third-order valence-corrected chi connectivity index (χ3v) is 18.7. The first-order valence-electron chi connectivity index (χ1n) is 12.1. The van der Waals surface area contributed by atoms with Gasteiger partial charge >= 0.3 is 198 Å². The van der Waals surface area contributed by atoms with Gasteiger partial charge in [-0.05, 0) is 0 Å². The molecule has 3 aromatic rings. The van der Waals surface area contributed by atoms with E-state index in [1.54, 1.807) is 0 Å². The van der Waals surface area contributed by atoms with E-state index in [0.29, 0.717) is 5.66 Å². The van der Waals surface area contributed by atoms with Crippen LogP contribution in [0.15, 0.2) is 91.0 Å². The van der Waals surface area contributed by atoms with Crippen molar-refractivity contribution in [2.24, 2.45) is 5.92 Å². The second-order valence-electron chi connectivity index (χ2n) is 9.25. The molecule has 1 fully saturated rings. The molecule has 0 aromatic heterocycles. The Balaban J connectivity index is 1.83. The van der Waals surface area contributed by atoms with E-state index in [-0.39, 0.29) is 0 Å². The Kier molecular flexibility index (Phi) is 7.35. The Morgan fingerprint density at radius 2 is 1.06 bits per heavy atom. The van der Waals surface area contributed by atoms with Crippen LogP contribution in [0.1, 0.15) is 58.3 Å². The molecule has 0 aliphatic heterocycles. The van der Waals surface area contributed by atoms with Crippen molar-refractivity contribution in [2.75, 3.05) is 0 Å². The molecule has 0 nitrogen and oxygen atoms in total. The summed E-state index contributed by atoms with van der Waals surface area (Å²) in [5, 5.41) is 1.62. The maximum atomic E-state index is 4.69. The fraction of sp³-hybridized carbons (Fsp3) is 0.379. The molecular formula is C29H36BrP. The number of rotatable bonds is 8. The van der Waals surface area contributed by atoms with Gasteiger partial charge in [0.25, 0.3) is 0 Å². The molecule has 0 amide bonds. The molecule has 3 aromatic carbocycles. The Morgan fingerprint density at radius 1 is 0.645 bits per heavy atom. The molecule has 1 aliphatic rings. The third kappa shape index (κ3) is 4.17. The molecule has 0 N–H and O–H groups in total. The number of halogens is 1. The van der Waals surface area contributed by atoms with Crippen molar-refractivity contribution in [1.82, 2.24) is 0 Å². The fourth-order valence-corrected chi connectivity index (χ4v) is 14.9. The van der Waals surface area contributed by atoms with Gasteiger partial charge in [0.15, 0.2) is 0 Å². The zero-order valence-corrected chi connectivity index (χ0v) is 21.3. The topological polar surface area (TPSA) is 0 Å². The standard InChI is InChI=1S/C29H36BrP/c1-2-3-7-14-25-21-23-29(24-22-25)31(30,26-15-8-4-9-16-26,27-17-10-5-11-18-27)28-19-12-6-13-20-28/h4-6,8-13,15-20,25,29H,2-3,7,14,21-24H2,1H3. The van der Waals surface area contributed by atoms with Crippen molar-refractivity contribution in [3.05, 3.63) is 91.0 Å². The quantitative estimate of drug-likeness (QED) is 0.220. The molecule has 31 heavy (non-hydrogen) atoms. The van der Waals surface area contributed by atoms with E-state index < -0.39 is 5.31 Å². The SMILES string of the molecule is CCCCCC1CCC(P(Br)(c2ccccc2)(c2ccccc2)c2ccccc2)CC1. The van der Waals surface area contributed by atoms with Crippen LogP contribution in [0.5, 0.6) is 0 Å². The van der Waals surface area contributed by atoms with E-state index in [9.17, 15) is 0 Å². The first-order chi connectivity index (χ1) is 15.2. The molecule has 0 bridgehead atoms. The number of benzene rings is 3. The van der Waals surface area contributed by atoms with Crippen LogP contribution in [-0.2, 0) is 0 Å². The van der Waals surface area contributed by atoms with Gasteiger partial charge in [-0.1, -0.05) is 0 Å². The Bertz CT molecular complexity index is 831. The van der Waals surface area contributed by atoms with Crippen LogP contribution in [-0.4, -0.2) is 5.66 Å². The summed E-state index contributed by atoms with van der Waals surface area (Å²) in [5.41, 5.74) is 0.626. The van der Waals surface area contributed by atoms with Crippen LogP contribution in [0, 0.1) is 5.92 Å². The van der Waals surface area contributed by atoms with Crippen LogP contribution in [0.2, 0.25) is 0 Å². The number of unbranched alkanes of at least 4 members (excludes halogenated alkanes) is 2. The van der Waals surface area contributed by atoms with Crippen molar-refractivity contribution in [1.29, 1.82) is 0 Å². The van der Waals surface area contributed by atoms with Gasteiger partial charge in [-0.25, -0.2) is 0 Å². The molecule has 164 valence electrons. The van der Waals surface area contributed by atoms with Gasteiger partial charge in [0.05, 0.1) is 0 Å². The predicted molar refractivity (Wildman–Crippen MR) is 144 cm³/mol. The summed E-state index contributed by atoms with van der Waals surface area (Å²) in [7, 11) is 0. The van der Waals surface area contributed by atoms with E-state index >= 15 is 0 Å². The molecule has 0 saturated heterocycles. The van der Waals surface area contributed by atoms with Crippen molar-refractivity contribution in [2.45, 2.75) is 63.9 Å². The second-order valence-corrected chi connectivity index (χ2v) is 18.1. The molecule has 1 saturated carbocycles. The fourth-order valence-electron chi connectivity index (χ4n) is 5.84. The average Bonchev–Trinajstić information content (AvgIpc) is 2.86. The first kappa shape index (κ1) is 22.8. The van der Waals surface area contributed by atoms with E-state index in [1.807, 2.05) is 0 Å². The minimum atomic E-state index is -2.80. The molecule has 0 heterocycles. The molecular weight excluding hydrogens is 459 g/mol. The normalized spacial score (nSPS) is 20.6. The molecule has 0 atom stereocenters. The molecule has 0 unspecified atom stereocenters. The van der Waals surface area contributed by atoms with E-state index in [4.69, 9.17) is 15.5 Å². The van der Waals surface area contributed by atoms with Gasteiger partial charge in [-0.3, -0.25) is 0 Å². The van der Waals surface area contributed by atoms with Gasteiger partial charge in [-0.15, -0.1) is 0 Å². The van der Waals surface area contributed by atoms with E-state index in [2.05, 4.69) is 97.9 Å². The van der Waals surface area contributed by atoms with Crippen molar-refractivity contribution < 1.29 is 0 Å². The summed E-state index contributed by atoms with van der Waals surface area (Å²) < 4.78 is 0. The summed E-state index contributed by atoms with van der Waals surface area (Å²) >= 11 is 4.69. The van der Waals surface area contributed by atoms with Gasteiger partial charge in [0.2, 0.25) is 0 Å². The summed E-state index contributed by atoms with van der Waals surface area (Å²) in [6, 6.07) is 34.0. The second kappa shape index (κ2) is 10.0. The van der Waals surface area contributed by atoms with Gasteiger partial charge in [0.1, 0.15) is 0 Å². The van der Waals surface area contributed by atoms with Gasteiger partial charge in [0, 0.05) is 0 Å². The summed E-state index contributed by atoms with van der Waals surface area (Å²) in [4.78, 5) is 0.